The molecule has 60 heavy (non-hydrogen) atoms. The van der Waals surface area contributed by atoms with Gasteiger partial charge in [0.1, 0.15) is 11.5 Å². The molecular weight excluding hydrogens is 862 g/mol. The van der Waals surface area contributed by atoms with E-state index in [2.05, 4.69) is 120 Å². The average Bonchev–Trinajstić information content (AvgIpc) is 3.20. The van der Waals surface area contributed by atoms with Crippen molar-refractivity contribution in [2.24, 2.45) is 0 Å². The molecule has 1 aliphatic carbocycles. The number of rotatable bonds is 24. The molecule has 0 atom stereocenters. The van der Waals surface area contributed by atoms with E-state index < -0.39 is 0 Å². The number of fused-ring (bicyclic) bond motifs is 8. The van der Waals surface area contributed by atoms with Crippen molar-refractivity contribution in [1.29, 1.82) is 0 Å². The van der Waals surface area contributed by atoms with Crippen molar-refractivity contribution in [3.8, 4) is 23.0 Å². The van der Waals surface area contributed by atoms with Crippen molar-refractivity contribution in [3.63, 3.8) is 0 Å². The molecule has 8 heteroatoms. The number of hydrogen-bond donors (Lipinski definition) is 0. The van der Waals surface area contributed by atoms with Crippen LogP contribution >= 0.6 is 31.9 Å². The van der Waals surface area contributed by atoms with Crippen LogP contribution in [-0.2, 0) is 25.7 Å². The second-order valence-electron chi connectivity index (χ2n) is 16.1. The van der Waals surface area contributed by atoms with Gasteiger partial charge in [-0.3, -0.25) is 0 Å². The summed E-state index contributed by atoms with van der Waals surface area (Å²) >= 11 is 7.86. The molecule has 0 unspecified atom stereocenters. The Hall–Kier alpha value is -1.77. The first-order chi connectivity index (χ1) is 28.4. The van der Waals surface area contributed by atoms with E-state index in [9.17, 15) is 0 Å². The van der Waals surface area contributed by atoms with Gasteiger partial charge >= 0.3 is 37.7 Å². The molecule has 0 N–H and O–H groups in total. The quantitative estimate of drug-likeness (QED) is 0.0352. The number of halogens is 2. The smallest absolute Gasteiger partial charge is 0.518 e. The van der Waals surface area contributed by atoms with Crippen LogP contribution in [0.3, 0.4) is 0 Å². The number of ether oxygens (including phenoxy) is 4. The first kappa shape index (κ1) is 52.6. The van der Waals surface area contributed by atoms with Crippen LogP contribution in [-0.4, -0.2) is 26.4 Å². The molecule has 0 heterocycles. The van der Waals surface area contributed by atoms with Crippen LogP contribution in [0.25, 0.3) is 0 Å². The Balaban J connectivity index is 0.00000480. The molecule has 0 spiro atoms. The van der Waals surface area contributed by atoms with Gasteiger partial charge in [0.2, 0.25) is 0 Å². The second-order valence-corrected chi connectivity index (χ2v) is 18.0. The molecule has 316 valence electrons. The van der Waals surface area contributed by atoms with Crippen LogP contribution in [0.15, 0.2) is 57.5 Å². The van der Waals surface area contributed by atoms with E-state index in [0.717, 1.165) is 115 Å². The van der Waals surface area contributed by atoms with Gasteiger partial charge in [-0.15, -0.1) is 22.3 Å². The minimum absolute atomic E-state index is 0. The van der Waals surface area contributed by atoms with Crippen molar-refractivity contribution >= 4 is 31.9 Å². The molecule has 0 aromatic heterocycles. The summed E-state index contributed by atoms with van der Waals surface area (Å²) in [5, 5.41) is 0. The van der Waals surface area contributed by atoms with Gasteiger partial charge in [0, 0.05) is 20.4 Å². The van der Waals surface area contributed by atoms with Gasteiger partial charge in [-0.2, -0.15) is 36.4 Å². The number of hydrogen-bond acceptors (Lipinski definition) is 4. The molecule has 0 saturated carbocycles. The molecule has 0 saturated heterocycles. The third-order valence-corrected chi connectivity index (χ3v) is 12.0. The number of unbranched alkanes of at least 4 members (excludes halogenated alkanes) is 12. The summed E-state index contributed by atoms with van der Waals surface area (Å²) in [6.07, 6.45) is 21.1. The fourth-order valence-electron chi connectivity index (χ4n) is 8.01. The summed E-state index contributed by atoms with van der Waals surface area (Å²) in [6, 6.07) is 24.5. The average molecular weight is 931 g/mol. The summed E-state index contributed by atoms with van der Waals surface area (Å²) < 4.78 is 29.5. The van der Waals surface area contributed by atoms with E-state index >= 15 is 0 Å². The Labute approximate surface area is 405 Å². The van der Waals surface area contributed by atoms with E-state index in [-0.39, 0.29) is 37.7 Å². The van der Waals surface area contributed by atoms with E-state index in [0.29, 0.717) is 52.1 Å². The molecule has 1 aliphatic rings. The van der Waals surface area contributed by atoms with Gasteiger partial charge in [0.05, 0.1) is 26.4 Å². The zero-order valence-electron chi connectivity index (χ0n) is 38.0. The van der Waals surface area contributed by atoms with Gasteiger partial charge in [-0.25, -0.2) is 0 Å². The van der Waals surface area contributed by atoms with E-state index in [4.69, 9.17) is 18.9 Å². The molecule has 4 nitrogen and oxygen atoms in total. The van der Waals surface area contributed by atoms with Gasteiger partial charge in [0.15, 0.2) is 0 Å². The summed E-state index contributed by atoms with van der Waals surface area (Å²) in [4.78, 5) is 0. The molecule has 0 aliphatic heterocycles. The van der Waals surface area contributed by atoms with Gasteiger partial charge in [-0.05, 0) is 97.9 Å². The van der Waals surface area contributed by atoms with Crippen LogP contribution in [0.5, 0.6) is 23.0 Å². The van der Waals surface area contributed by atoms with E-state index in [1.807, 2.05) is 0 Å². The minimum Gasteiger partial charge on any atom is -0.518 e. The molecule has 5 rings (SSSR count). The first-order valence-corrected chi connectivity index (χ1v) is 24.2. The monoisotopic (exact) mass is 928 g/mol. The largest absolute Gasteiger partial charge is 1.00 e. The van der Waals surface area contributed by atoms with Crippen molar-refractivity contribution in [2.45, 2.75) is 156 Å². The summed E-state index contributed by atoms with van der Waals surface area (Å²) in [6.45, 7) is 11.8. The van der Waals surface area contributed by atoms with Crippen LogP contribution < -0.4 is 56.7 Å². The third kappa shape index (κ3) is 16.4. The topological polar surface area (TPSA) is 36.9 Å². The molecule has 4 aromatic carbocycles. The van der Waals surface area contributed by atoms with Crippen molar-refractivity contribution in [2.75, 3.05) is 26.4 Å². The fourth-order valence-corrected chi connectivity index (χ4v) is 9.11. The zero-order chi connectivity index (χ0) is 41.0. The van der Waals surface area contributed by atoms with E-state index in [1.54, 1.807) is 0 Å². The maximum Gasteiger partial charge on any atom is 1.00 e. The second kappa shape index (κ2) is 29.6. The number of benzene rings is 4. The SMILES string of the molecule is CCCCCCOc1c2c[c-]cc1Cc1cc(Br)cc(c1OCCCCCC)Cc1c[c-]cc(c1OCCCCCC)Cc1cc(Br)cc(c1OCCCCCC)C2.[Li+].[Li+]. The zero-order valence-corrected chi connectivity index (χ0v) is 41.2. The minimum atomic E-state index is 0. The van der Waals surface area contributed by atoms with Crippen LogP contribution in [0.4, 0.5) is 0 Å². The van der Waals surface area contributed by atoms with Gasteiger partial charge in [-0.1, -0.05) is 137 Å². The first-order valence-electron chi connectivity index (χ1n) is 22.6. The molecule has 0 radical (unpaired) electrons. The maximum atomic E-state index is 6.87. The van der Waals surface area contributed by atoms with E-state index in [1.165, 1.54) is 64.2 Å². The third-order valence-electron chi connectivity index (χ3n) is 11.1. The molecule has 8 bridgehead atoms. The predicted octanol–water partition coefficient (Wildman–Crippen LogP) is 9.33. The molecular formula is C52H68Br2Li2O4. The predicted molar refractivity (Wildman–Crippen MR) is 249 cm³/mol. The van der Waals surface area contributed by atoms with Gasteiger partial charge in [0.25, 0.3) is 0 Å². The Morgan fingerprint density at radius 3 is 0.833 bits per heavy atom. The van der Waals surface area contributed by atoms with Crippen LogP contribution in [0, 0.1) is 12.1 Å². The van der Waals surface area contributed by atoms with Crippen molar-refractivity contribution in [1.82, 2.24) is 0 Å². The fraction of sp³-hybridized carbons (Fsp3) is 0.538. The molecule has 0 fully saturated rings. The van der Waals surface area contributed by atoms with Crippen molar-refractivity contribution < 1.29 is 56.7 Å². The van der Waals surface area contributed by atoms with Crippen molar-refractivity contribution in [3.05, 3.63) is 114 Å². The Bertz CT molecular complexity index is 1620. The summed E-state index contributed by atoms with van der Waals surface area (Å²) in [5.74, 6) is 3.87. The Morgan fingerprint density at radius 1 is 0.367 bits per heavy atom. The molecule has 0 amide bonds. The summed E-state index contributed by atoms with van der Waals surface area (Å²) in [7, 11) is 0. The van der Waals surface area contributed by atoms with Gasteiger partial charge < -0.3 is 18.9 Å². The molecule has 4 aromatic rings. The maximum absolute atomic E-state index is 6.87. The Kier molecular flexibility index (Phi) is 25.9. The van der Waals surface area contributed by atoms with Crippen LogP contribution in [0.1, 0.15) is 175 Å². The summed E-state index contributed by atoms with van der Waals surface area (Å²) in [5.41, 5.74) is 9.11. The standard InChI is InChI=1S/C52H68Br2O4.2Li/c1-5-9-13-17-27-55-49-39-23-21-24-40(49)32-44-36-48(54)38-46(52(44)58-30-20-16-12-8-4)34-42-26-22-25-41(50(42)56-28-18-14-10-6-2)33-45-37-47(53)35-43(31-39)51(45)57-29-19-15-11-7-3;;/h23-26,35-38H,5-20,27-34H2,1-4H3;;/q-2;2*+1. The van der Waals surface area contributed by atoms with Crippen LogP contribution in [0.2, 0.25) is 0 Å². The normalized spacial score (nSPS) is 12.0. The Morgan fingerprint density at radius 2 is 0.600 bits per heavy atom.